The molecule has 1 atom stereocenters. The molecule has 2 N–H and O–H groups in total. The van der Waals surface area contributed by atoms with E-state index in [2.05, 4.69) is 10.6 Å². The number of hydrogen-bond acceptors (Lipinski definition) is 3. The van der Waals surface area contributed by atoms with E-state index in [9.17, 15) is 9.59 Å². The van der Waals surface area contributed by atoms with Crippen LogP contribution in [0, 0.1) is 0 Å². The van der Waals surface area contributed by atoms with Gasteiger partial charge in [0.25, 0.3) is 5.91 Å². The number of anilines is 1. The van der Waals surface area contributed by atoms with Crippen molar-refractivity contribution < 1.29 is 14.3 Å². The lowest BCUT2D eigenvalue weighted by atomic mass is 10.1. The van der Waals surface area contributed by atoms with Gasteiger partial charge in [-0.15, -0.1) is 0 Å². The van der Waals surface area contributed by atoms with E-state index < -0.39 is 6.10 Å². The topological polar surface area (TPSA) is 67.4 Å². The number of fused-ring (bicyclic) bond motifs is 1. The largest absolute Gasteiger partial charge is 0.479 e. The van der Waals surface area contributed by atoms with Crippen molar-refractivity contribution in [3.8, 4) is 5.75 Å². The minimum Gasteiger partial charge on any atom is -0.479 e. The summed E-state index contributed by atoms with van der Waals surface area (Å²) in [5, 5.41) is 5.59. The fraction of sp³-hybridized carbons (Fsp3) is 0.429. The van der Waals surface area contributed by atoms with Gasteiger partial charge in [-0.1, -0.05) is 13.0 Å². The highest BCUT2D eigenvalue weighted by Crippen LogP contribution is 2.30. The van der Waals surface area contributed by atoms with Crippen molar-refractivity contribution in [1.82, 2.24) is 5.32 Å². The average Bonchev–Trinajstić information content (AvgIpc) is 2.38. The van der Waals surface area contributed by atoms with Crippen LogP contribution in [0.3, 0.4) is 0 Å². The molecule has 0 bridgehead atoms. The summed E-state index contributed by atoms with van der Waals surface area (Å²) in [6.07, 6.45) is 0.738. The molecule has 1 aliphatic rings. The van der Waals surface area contributed by atoms with Crippen LogP contribution in [-0.4, -0.2) is 24.5 Å². The molecule has 1 heterocycles. The van der Waals surface area contributed by atoms with Crippen LogP contribution in [-0.2, 0) is 16.0 Å². The van der Waals surface area contributed by atoms with Gasteiger partial charge in [0.2, 0.25) is 5.91 Å². The summed E-state index contributed by atoms with van der Waals surface area (Å²) in [6.45, 7) is 4.39. The van der Waals surface area contributed by atoms with Crippen molar-refractivity contribution in [2.75, 3.05) is 11.9 Å². The molecule has 2 rings (SSSR count). The Morgan fingerprint density at radius 2 is 2.26 bits per heavy atom. The van der Waals surface area contributed by atoms with Gasteiger partial charge >= 0.3 is 0 Å². The molecule has 0 aliphatic carbocycles. The Labute approximate surface area is 112 Å². The molecule has 1 aromatic rings. The van der Waals surface area contributed by atoms with Crippen molar-refractivity contribution in [3.63, 3.8) is 0 Å². The van der Waals surface area contributed by atoms with E-state index in [0.29, 0.717) is 24.4 Å². The molecule has 102 valence electrons. The normalized spacial score (nSPS) is 17.2. The average molecular weight is 262 g/mol. The standard InChI is InChI=1S/C14H18N2O3/c1-3-6-15-13(17)8-10-4-5-12-11(7-10)16-14(18)9(2)19-12/h4-5,7,9H,3,6,8H2,1-2H3,(H,15,17)(H,16,18). The van der Waals surface area contributed by atoms with Crippen molar-refractivity contribution in [1.29, 1.82) is 0 Å². The minimum absolute atomic E-state index is 0.0155. The van der Waals surface area contributed by atoms with E-state index in [0.717, 1.165) is 12.0 Å². The SMILES string of the molecule is CCCNC(=O)Cc1ccc2c(c1)NC(=O)C(C)O2. The van der Waals surface area contributed by atoms with E-state index in [1.54, 1.807) is 19.1 Å². The van der Waals surface area contributed by atoms with Gasteiger partial charge in [-0.25, -0.2) is 0 Å². The summed E-state index contributed by atoms with van der Waals surface area (Å²) in [7, 11) is 0. The molecular formula is C14H18N2O3. The molecule has 0 spiro atoms. The molecule has 1 unspecified atom stereocenters. The Balaban J connectivity index is 2.07. The van der Waals surface area contributed by atoms with Crippen LogP contribution in [0.25, 0.3) is 0 Å². The fourth-order valence-electron chi connectivity index (χ4n) is 1.88. The highest BCUT2D eigenvalue weighted by atomic mass is 16.5. The monoisotopic (exact) mass is 262 g/mol. The van der Waals surface area contributed by atoms with Crippen LogP contribution in [0.4, 0.5) is 5.69 Å². The summed E-state index contributed by atoms with van der Waals surface area (Å²) in [5.74, 6) is 0.461. The van der Waals surface area contributed by atoms with Crippen LogP contribution in [0.2, 0.25) is 0 Å². The first-order valence-corrected chi connectivity index (χ1v) is 6.47. The lowest BCUT2D eigenvalue weighted by Crippen LogP contribution is -2.34. The quantitative estimate of drug-likeness (QED) is 0.863. The maximum absolute atomic E-state index is 11.6. The van der Waals surface area contributed by atoms with Gasteiger partial charge in [0.15, 0.2) is 6.10 Å². The van der Waals surface area contributed by atoms with E-state index in [1.807, 2.05) is 13.0 Å². The maximum atomic E-state index is 11.6. The Morgan fingerprint density at radius 3 is 3.00 bits per heavy atom. The van der Waals surface area contributed by atoms with E-state index in [-0.39, 0.29) is 11.8 Å². The Kier molecular flexibility index (Phi) is 4.04. The molecule has 1 aromatic carbocycles. The molecule has 0 radical (unpaired) electrons. The van der Waals surface area contributed by atoms with E-state index >= 15 is 0 Å². The molecule has 0 aromatic heterocycles. The van der Waals surface area contributed by atoms with Crippen molar-refractivity contribution >= 4 is 17.5 Å². The number of amides is 2. The molecule has 0 saturated heterocycles. The Morgan fingerprint density at radius 1 is 1.47 bits per heavy atom. The predicted octanol–water partition coefficient (Wildman–Crippen LogP) is 1.47. The summed E-state index contributed by atoms with van der Waals surface area (Å²) >= 11 is 0. The van der Waals surface area contributed by atoms with Crippen molar-refractivity contribution in [2.24, 2.45) is 0 Å². The third-order valence-electron chi connectivity index (χ3n) is 2.91. The van der Waals surface area contributed by atoms with Gasteiger partial charge in [0, 0.05) is 6.54 Å². The van der Waals surface area contributed by atoms with Gasteiger partial charge in [-0.2, -0.15) is 0 Å². The highest BCUT2D eigenvalue weighted by molar-refractivity contribution is 5.97. The summed E-state index contributed by atoms with van der Waals surface area (Å²) in [5.41, 5.74) is 1.48. The van der Waals surface area contributed by atoms with Gasteiger partial charge in [0.05, 0.1) is 12.1 Å². The van der Waals surface area contributed by atoms with E-state index in [4.69, 9.17) is 4.74 Å². The molecule has 0 fully saturated rings. The predicted molar refractivity (Wildman–Crippen MR) is 72.2 cm³/mol. The fourth-order valence-corrected chi connectivity index (χ4v) is 1.88. The number of rotatable bonds is 4. The van der Waals surface area contributed by atoms with Crippen molar-refractivity contribution in [3.05, 3.63) is 23.8 Å². The van der Waals surface area contributed by atoms with Crippen LogP contribution in [0.5, 0.6) is 5.75 Å². The number of benzene rings is 1. The first kappa shape index (κ1) is 13.4. The molecule has 0 saturated carbocycles. The number of nitrogens with one attached hydrogen (secondary N) is 2. The molecule has 5 nitrogen and oxygen atoms in total. The lowest BCUT2D eigenvalue weighted by molar-refractivity contribution is -0.122. The summed E-state index contributed by atoms with van der Waals surface area (Å²) in [4.78, 5) is 23.1. The summed E-state index contributed by atoms with van der Waals surface area (Å²) < 4.78 is 5.46. The van der Waals surface area contributed by atoms with E-state index in [1.165, 1.54) is 0 Å². The van der Waals surface area contributed by atoms with Crippen LogP contribution < -0.4 is 15.4 Å². The second kappa shape index (κ2) is 5.73. The zero-order valence-corrected chi connectivity index (χ0v) is 11.2. The smallest absolute Gasteiger partial charge is 0.265 e. The van der Waals surface area contributed by atoms with Crippen molar-refractivity contribution in [2.45, 2.75) is 32.8 Å². The maximum Gasteiger partial charge on any atom is 0.265 e. The third kappa shape index (κ3) is 3.24. The number of ether oxygens (including phenoxy) is 1. The zero-order valence-electron chi connectivity index (χ0n) is 11.2. The second-order valence-electron chi connectivity index (χ2n) is 4.61. The van der Waals surface area contributed by atoms with Gasteiger partial charge in [0.1, 0.15) is 5.75 Å². The molecule has 2 amide bonds. The molecule has 1 aliphatic heterocycles. The minimum atomic E-state index is -0.480. The van der Waals surface area contributed by atoms with Crippen LogP contribution >= 0.6 is 0 Å². The lowest BCUT2D eigenvalue weighted by Gasteiger charge is -2.23. The first-order chi connectivity index (χ1) is 9.10. The van der Waals surface area contributed by atoms with Gasteiger partial charge in [-0.3, -0.25) is 9.59 Å². The Bertz CT molecular complexity index is 499. The van der Waals surface area contributed by atoms with Gasteiger partial charge < -0.3 is 15.4 Å². The van der Waals surface area contributed by atoms with Crippen LogP contribution in [0.1, 0.15) is 25.8 Å². The molecular weight excluding hydrogens is 244 g/mol. The molecule has 19 heavy (non-hydrogen) atoms. The van der Waals surface area contributed by atoms with Gasteiger partial charge in [-0.05, 0) is 31.0 Å². The molecule has 5 heteroatoms. The zero-order chi connectivity index (χ0) is 13.8. The number of carbonyl (C=O) groups is 2. The number of carbonyl (C=O) groups excluding carboxylic acids is 2. The first-order valence-electron chi connectivity index (χ1n) is 6.47. The Hall–Kier alpha value is -2.04. The summed E-state index contributed by atoms with van der Waals surface area (Å²) in [6, 6.07) is 5.41. The third-order valence-corrected chi connectivity index (χ3v) is 2.91. The highest BCUT2D eigenvalue weighted by Gasteiger charge is 2.23. The number of hydrogen-bond donors (Lipinski definition) is 2. The second-order valence-corrected chi connectivity index (χ2v) is 4.61. The van der Waals surface area contributed by atoms with Crippen LogP contribution in [0.15, 0.2) is 18.2 Å².